The van der Waals surface area contributed by atoms with Gasteiger partial charge >= 0.3 is 0 Å². The van der Waals surface area contributed by atoms with Crippen LogP contribution in [0.4, 0.5) is 11.4 Å². The Morgan fingerprint density at radius 3 is 2.41 bits per heavy atom. The number of hydrogen-bond acceptors (Lipinski definition) is 3. The minimum absolute atomic E-state index is 0.0143. The number of anilines is 1. The summed E-state index contributed by atoms with van der Waals surface area (Å²) in [4.78, 5) is 21.9. The van der Waals surface area contributed by atoms with E-state index < -0.39 is 4.92 Å². The van der Waals surface area contributed by atoms with Crippen molar-refractivity contribution < 1.29 is 9.72 Å². The molecule has 0 saturated heterocycles. The van der Waals surface area contributed by atoms with Crippen LogP contribution in [0.5, 0.6) is 0 Å². The highest BCUT2D eigenvalue weighted by molar-refractivity contribution is 9.11. The fourth-order valence-electron chi connectivity index (χ4n) is 1.64. The third-order valence-corrected chi connectivity index (χ3v) is 3.87. The second kappa shape index (κ2) is 7.33. The van der Waals surface area contributed by atoms with E-state index in [4.69, 9.17) is 0 Å². The molecular weight excluding hydrogens is 416 g/mol. The minimum atomic E-state index is -0.467. The summed E-state index contributed by atoms with van der Waals surface area (Å²) in [6, 6.07) is 11.4. The Labute approximate surface area is 143 Å². The van der Waals surface area contributed by atoms with Gasteiger partial charge in [-0.05, 0) is 57.9 Å². The lowest BCUT2D eigenvalue weighted by atomic mass is 10.2. The fraction of sp³-hybridized carbons (Fsp3) is 0. The normalized spacial score (nSPS) is 10.6. The summed E-state index contributed by atoms with van der Waals surface area (Å²) < 4.78 is 1.66. The van der Waals surface area contributed by atoms with Crippen molar-refractivity contribution in [3.05, 3.63) is 73.2 Å². The molecule has 1 N–H and O–H groups in total. The summed E-state index contributed by atoms with van der Waals surface area (Å²) in [6.07, 6.45) is 2.96. The molecule has 0 atom stereocenters. The van der Waals surface area contributed by atoms with Crippen molar-refractivity contribution in [3.8, 4) is 0 Å². The molecule has 0 aromatic heterocycles. The molecule has 22 heavy (non-hydrogen) atoms. The highest BCUT2D eigenvalue weighted by atomic mass is 79.9. The van der Waals surface area contributed by atoms with Crippen molar-refractivity contribution in [2.45, 2.75) is 0 Å². The number of nitro benzene ring substituents is 1. The Bertz CT molecular complexity index is 743. The molecule has 2 aromatic carbocycles. The van der Waals surface area contributed by atoms with Gasteiger partial charge in [0, 0.05) is 27.2 Å². The van der Waals surface area contributed by atoms with Gasteiger partial charge in [-0.15, -0.1) is 0 Å². The maximum absolute atomic E-state index is 11.9. The zero-order valence-corrected chi connectivity index (χ0v) is 14.3. The molecule has 2 aromatic rings. The van der Waals surface area contributed by atoms with Gasteiger partial charge in [0.15, 0.2) is 0 Å². The summed E-state index contributed by atoms with van der Waals surface area (Å²) in [5, 5.41) is 13.3. The van der Waals surface area contributed by atoms with E-state index in [0.717, 1.165) is 8.95 Å². The number of nitrogens with one attached hydrogen (secondary N) is 1. The van der Waals surface area contributed by atoms with Crippen LogP contribution in [0, 0.1) is 10.1 Å². The molecular formula is C15H10Br2N2O3. The van der Waals surface area contributed by atoms with Crippen LogP contribution in [0.3, 0.4) is 0 Å². The van der Waals surface area contributed by atoms with E-state index in [1.165, 1.54) is 18.2 Å². The van der Waals surface area contributed by atoms with Crippen molar-refractivity contribution in [1.82, 2.24) is 0 Å². The van der Waals surface area contributed by atoms with Crippen LogP contribution in [0.15, 0.2) is 57.5 Å². The Balaban J connectivity index is 2.03. The van der Waals surface area contributed by atoms with Gasteiger partial charge in [0.05, 0.1) is 10.6 Å². The van der Waals surface area contributed by atoms with Crippen molar-refractivity contribution in [2.24, 2.45) is 0 Å². The van der Waals surface area contributed by atoms with Crippen LogP contribution in [-0.2, 0) is 4.79 Å². The number of halogens is 2. The highest BCUT2D eigenvalue weighted by Gasteiger charge is 2.04. The van der Waals surface area contributed by atoms with Crippen molar-refractivity contribution in [3.63, 3.8) is 0 Å². The zero-order valence-electron chi connectivity index (χ0n) is 11.1. The number of rotatable bonds is 4. The number of nitrogens with zero attached hydrogens (tertiary/aromatic N) is 1. The molecule has 0 heterocycles. The predicted octanol–water partition coefficient (Wildman–Crippen LogP) is 4.77. The van der Waals surface area contributed by atoms with Gasteiger partial charge < -0.3 is 5.32 Å². The third kappa shape index (κ3) is 4.51. The van der Waals surface area contributed by atoms with Gasteiger partial charge in [0.25, 0.3) is 5.69 Å². The minimum Gasteiger partial charge on any atom is -0.321 e. The first kappa shape index (κ1) is 16.4. The summed E-state index contributed by atoms with van der Waals surface area (Å²) in [6.45, 7) is 0. The molecule has 0 aliphatic heterocycles. The smallest absolute Gasteiger partial charge is 0.269 e. The van der Waals surface area contributed by atoms with Gasteiger partial charge in [0.2, 0.25) is 5.91 Å². The third-order valence-electron chi connectivity index (χ3n) is 2.72. The lowest BCUT2D eigenvalue weighted by Gasteiger charge is -2.05. The molecule has 0 unspecified atom stereocenters. The maximum atomic E-state index is 11.9. The second-order valence-corrected chi connectivity index (χ2v) is 6.07. The number of carbonyl (C=O) groups excluding carboxylic acids is 1. The lowest BCUT2D eigenvalue weighted by molar-refractivity contribution is -0.384. The molecule has 0 bridgehead atoms. The first-order chi connectivity index (χ1) is 10.5. The van der Waals surface area contributed by atoms with Crippen LogP contribution in [0.25, 0.3) is 6.08 Å². The predicted molar refractivity (Wildman–Crippen MR) is 92.6 cm³/mol. The molecule has 0 fully saturated rings. The molecule has 2 rings (SSSR count). The molecule has 112 valence electrons. The largest absolute Gasteiger partial charge is 0.321 e. The van der Waals surface area contributed by atoms with Crippen molar-refractivity contribution >= 4 is 55.2 Å². The van der Waals surface area contributed by atoms with Crippen LogP contribution < -0.4 is 5.32 Å². The second-order valence-electron chi connectivity index (χ2n) is 4.30. The molecule has 5 nitrogen and oxygen atoms in total. The number of carbonyl (C=O) groups is 1. The SMILES string of the molecule is O=C(C=Cc1ccc([N+](=O)[O-])cc1)Nc1ccc(Br)cc1Br. The number of hydrogen-bond donors (Lipinski definition) is 1. The van der Waals surface area contributed by atoms with Crippen LogP contribution in [0.1, 0.15) is 5.56 Å². The Morgan fingerprint density at radius 1 is 1.14 bits per heavy atom. The van der Waals surface area contributed by atoms with Crippen molar-refractivity contribution in [1.29, 1.82) is 0 Å². The number of non-ortho nitro benzene ring substituents is 1. The van der Waals surface area contributed by atoms with Crippen LogP contribution in [0.2, 0.25) is 0 Å². The fourth-order valence-corrected chi connectivity index (χ4v) is 2.79. The molecule has 0 aliphatic rings. The zero-order chi connectivity index (χ0) is 16.1. The lowest BCUT2D eigenvalue weighted by Crippen LogP contribution is -2.08. The van der Waals surface area contributed by atoms with Gasteiger partial charge in [-0.3, -0.25) is 14.9 Å². The van der Waals surface area contributed by atoms with Gasteiger partial charge in [-0.2, -0.15) is 0 Å². The molecule has 0 spiro atoms. The van der Waals surface area contributed by atoms with E-state index in [0.29, 0.717) is 11.3 Å². The van der Waals surface area contributed by atoms with E-state index in [-0.39, 0.29) is 11.6 Å². The Hall–Kier alpha value is -1.99. The van der Waals surface area contributed by atoms with E-state index >= 15 is 0 Å². The average Bonchev–Trinajstić information content (AvgIpc) is 2.48. The van der Waals surface area contributed by atoms with E-state index in [1.807, 2.05) is 12.1 Å². The van der Waals surface area contributed by atoms with E-state index in [9.17, 15) is 14.9 Å². The monoisotopic (exact) mass is 424 g/mol. The Morgan fingerprint density at radius 2 is 1.82 bits per heavy atom. The van der Waals surface area contributed by atoms with Crippen LogP contribution >= 0.6 is 31.9 Å². The molecule has 0 radical (unpaired) electrons. The average molecular weight is 426 g/mol. The maximum Gasteiger partial charge on any atom is 0.269 e. The first-order valence-electron chi connectivity index (χ1n) is 6.14. The van der Waals surface area contributed by atoms with Gasteiger partial charge in [0.1, 0.15) is 0 Å². The highest BCUT2D eigenvalue weighted by Crippen LogP contribution is 2.26. The van der Waals surface area contributed by atoms with Crippen LogP contribution in [-0.4, -0.2) is 10.8 Å². The molecule has 1 amide bonds. The summed E-state index contributed by atoms with van der Waals surface area (Å²) in [7, 11) is 0. The van der Waals surface area contributed by atoms with E-state index in [1.54, 1.807) is 24.3 Å². The van der Waals surface area contributed by atoms with Gasteiger partial charge in [-0.25, -0.2) is 0 Å². The molecule has 0 aliphatic carbocycles. The number of nitro groups is 1. The van der Waals surface area contributed by atoms with Gasteiger partial charge in [-0.1, -0.05) is 15.9 Å². The topological polar surface area (TPSA) is 72.2 Å². The number of benzene rings is 2. The standard InChI is InChI=1S/C15H10Br2N2O3/c16-11-4-7-14(13(17)9-11)18-15(20)8-3-10-1-5-12(6-2-10)19(21)22/h1-9H,(H,18,20). The summed E-state index contributed by atoms with van der Waals surface area (Å²) >= 11 is 6.70. The first-order valence-corrected chi connectivity index (χ1v) is 7.73. The number of amides is 1. The molecule has 7 heteroatoms. The summed E-state index contributed by atoms with van der Waals surface area (Å²) in [5.41, 5.74) is 1.37. The summed E-state index contributed by atoms with van der Waals surface area (Å²) in [5.74, 6) is -0.290. The molecule has 0 saturated carbocycles. The quantitative estimate of drug-likeness (QED) is 0.435. The van der Waals surface area contributed by atoms with Crippen molar-refractivity contribution in [2.75, 3.05) is 5.32 Å². The van der Waals surface area contributed by atoms with E-state index in [2.05, 4.69) is 37.2 Å². The Kier molecular flexibility index (Phi) is 5.46.